The quantitative estimate of drug-likeness (QED) is 0.154. The molecule has 0 radical (unpaired) electrons. The highest BCUT2D eigenvalue weighted by atomic mass is 35.5. The van der Waals surface area contributed by atoms with E-state index in [1.54, 1.807) is 18.3 Å². The first-order valence-corrected chi connectivity index (χ1v) is 16.0. The molecule has 2 atom stereocenters. The Morgan fingerprint density at radius 1 is 1.00 bits per heavy atom. The van der Waals surface area contributed by atoms with Gasteiger partial charge in [-0.3, -0.25) is 4.79 Å². The lowest BCUT2D eigenvalue weighted by Gasteiger charge is -2.24. The Bertz CT molecular complexity index is 2000. The second kappa shape index (κ2) is 13.0. The summed E-state index contributed by atoms with van der Waals surface area (Å²) in [5.74, 6) is 0.0458. The first-order valence-electron chi connectivity index (χ1n) is 15.3. The molecule has 3 aromatic carbocycles. The number of benzene rings is 3. The van der Waals surface area contributed by atoms with Gasteiger partial charge in [-0.2, -0.15) is 0 Å². The summed E-state index contributed by atoms with van der Waals surface area (Å²) < 4.78 is 8.35. The normalized spacial score (nSPS) is 15.5. The zero-order chi connectivity index (χ0) is 31.6. The van der Waals surface area contributed by atoms with Crippen LogP contribution in [0.15, 0.2) is 97.5 Å². The molecule has 3 aromatic heterocycles. The molecule has 1 amide bonds. The van der Waals surface area contributed by atoms with Crippen LogP contribution >= 0.6 is 23.2 Å². The van der Waals surface area contributed by atoms with E-state index in [1.807, 2.05) is 79.1 Å². The Morgan fingerprint density at radius 2 is 1.80 bits per heavy atom. The van der Waals surface area contributed by atoms with Gasteiger partial charge in [0.05, 0.1) is 23.8 Å². The van der Waals surface area contributed by atoms with Crippen molar-refractivity contribution in [2.75, 3.05) is 18.4 Å². The third-order valence-corrected chi connectivity index (χ3v) is 8.87. The molecule has 10 heteroatoms. The molecule has 4 heterocycles. The highest BCUT2D eigenvalue weighted by molar-refractivity contribution is 6.31. The number of carbonyl (C=O) groups is 1. The predicted octanol–water partition coefficient (Wildman–Crippen LogP) is 8.39. The van der Waals surface area contributed by atoms with E-state index in [0.29, 0.717) is 32.9 Å². The molecule has 3 N–H and O–H groups in total. The molecule has 46 heavy (non-hydrogen) atoms. The molecule has 0 aliphatic carbocycles. The molecule has 1 aliphatic rings. The lowest BCUT2D eigenvalue weighted by Crippen LogP contribution is -2.37. The summed E-state index contributed by atoms with van der Waals surface area (Å²) in [4.78, 5) is 27.1. The van der Waals surface area contributed by atoms with Gasteiger partial charge in [0.25, 0.3) is 5.91 Å². The number of ether oxygens (including phenoxy) is 1. The van der Waals surface area contributed by atoms with E-state index in [9.17, 15) is 4.79 Å². The van der Waals surface area contributed by atoms with Gasteiger partial charge >= 0.3 is 0 Å². The van der Waals surface area contributed by atoms with Gasteiger partial charge in [-0.1, -0.05) is 71.7 Å². The van der Waals surface area contributed by atoms with E-state index in [2.05, 4.69) is 32.1 Å². The third-order valence-electron chi connectivity index (χ3n) is 8.38. The number of halogens is 2. The maximum absolute atomic E-state index is 14.4. The zero-order valence-electron chi connectivity index (χ0n) is 25.1. The number of pyridine rings is 1. The molecule has 7 rings (SSSR count). The van der Waals surface area contributed by atoms with Gasteiger partial charge in [0, 0.05) is 44.8 Å². The van der Waals surface area contributed by atoms with E-state index >= 15 is 0 Å². The highest BCUT2D eigenvalue weighted by Gasteiger charge is 2.28. The minimum Gasteiger partial charge on any atom is -0.472 e. The van der Waals surface area contributed by atoms with Crippen LogP contribution < -0.4 is 15.4 Å². The maximum Gasteiger partial charge on any atom is 0.272 e. The van der Waals surface area contributed by atoms with Crippen LogP contribution in [0.4, 0.5) is 5.69 Å². The fraction of sp³-hybridized carbons (Fsp3) is 0.194. The van der Waals surface area contributed by atoms with Crippen molar-refractivity contribution in [3.63, 3.8) is 0 Å². The van der Waals surface area contributed by atoms with E-state index < -0.39 is 0 Å². The van der Waals surface area contributed by atoms with Crippen LogP contribution in [0.5, 0.6) is 5.88 Å². The molecule has 6 aromatic rings. The lowest BCUT2D eigenvalue weighted by atomic mass is 9.99. The SMILES string of the molecule is CC(c1ccc(Cl)cc1)n1cnc(-c2ccccc2)c1-c1c(C(=O)Nc2cccnc2OC2CCCNC2)[nH]c2cc(Cl)ccc12. The lowest BCUT2D eigenvalue weighted by molar-refractivity contribution is 0.102. The summed E-state index contributed by atoms with van der Waals surface area (Å²) in [5, 5.41) is 8.51. The second-order valence-corrected chi connectivity index (χ2v) is 12.3. The second-order valence-electron chi connectivity index (χ2n) is 11.4. The molecule has 1 aliphatic heterocycles. The van der Waals surface area contributed by atoms with Crippen LogP contribution in [0.3, 0.4) is 0 Å². The Morgan fingerprint density at radius 3 is 2.59 bits per heavy atom. The smallest absolute Gasteiger partial charge is 0.272 e. The summed E-state index contributed by atoms with van der Waals surface area (Å²) in [5.41, 5.74) is 5.83. The Labute approximate surface area is 276 Å². The monoisotopic (exact) mass is 650 g/mol. The van der Waals surface area contributed by atoms with Gasteiger partial charge in [0.2, 0.25) is 5.88 Å². The number of rotatable bonds is 8. The van der Waals surface area contributed by atoms with Crippen molar-refractivity contribution in [2.45, 2.75) is 31.9 Å². The number of amides is 1. The zero-order valence-corrected chi connectivity index (χ0v) is 26.6. The van der Waals surface area contributed by atoms with Crippen molar-refractivity contribution in [1.29, 1.82) is 0 Å². The van der Waals surface area contributed by atoms with Crippen LogP contribution in [-0.2, 0) is 0 Å². The van der Waals surface area contributed by atoms with Crippen molar-refractivity contribution < 1.29 is 9.53 Å². The van der Waals surface area contributed by atoms with Crippen LogP contribution in [0.25, 0.3) is 33.4 Å². The van der Waals surface area contributed by atoms with Crippen LogP contribution in [0, 0.1) is 0 Å². The van der Waals surface area contributed by atoms with Crippen molar-refractivity contribution in [3.8, 4) is 28.4 Å². The summed E-state index contributed by atoms with van der Waals surface area (Å²) in [6, 6.07) is 26.8. The molecule has 0 saturated carbocycles. The number of piperidine rings is 1. The Kier molecular flexibility index (Phi) is 8.49. The minimum absolute atomic E-state index is 0.0257. The number of nitrogens with one attached hydrogen (secondary N) is 3. The summed E-state index contributed by atoms with van der Waals surface area (Å²) in [6.07, 6.45) is 5.41. The number of nitrogens with zero attached hydrogens (tertiary/aromatic N) is 3. The fourth-order valence-electron chi connectivity index (χ4n) is 6.04. The van der Waals surface area contributed by atoms with Crippen molar-refractivity contribution in [3.05, 3.63) is 119 Å². The molecule has 8 nitrogen and oxygen atoms in total. The molecular formula is C36H32Cl2N6O2. The first kappa shape index (κ1) is 30.0. The topological polar surface area (TPSA) is 96.9 Å². The number of hydrogen-bond acceptors (Lipinski definition) is 5. The molecule has 1 saturated heterocycles. The van der Waals surface area contributed by atoms with Gasteiger partial charge < -0.3 is 24.9 Å². The van der Waals surface area contributed by atoms with Gasteiger partial charge in [-0.15, -0.1) is 0 Å². The summed E-state index contributed by atoms with van der Waals surface area (Å²) in [6.45, 7) is 3.81. The van der Waals surface area contributed by atoms with Crippen LogP contribution in [-0.4, -0.2) is 44.6 Å². The Balaban J connectivity index is 1.37. The molecule has 1 fully saturated rings. The van der Waals surface area contributed by atoms with Crippen LogP contribution in [0.2, 0.25) is 10.0 Å². The first-order chi connectivity index (χ1) is 22.5. The maximum atomic E-state index is 14.4. The van der Waals surface area contributed by atoms with E-state index in [1.165, 1.54) is 0 Å². The third kappa shape index (κ3) is 5.99. The van der Waals surface area contributed by atoms with Gasteiger partial charge in [-0.05, 0) is 68.3 Å². The van der Waals surface area contributed by atoms with E-state index in [-0.39, 0.29) is 18.1 Å². The Hall–Kier alpha value is -4.63. The summed E-state index contributed by atoms with van der Waals surface area (Å²) >= 11 is 12.7. The largest absolute Gasteiger partial charge is 0.472 e. The van der Waals surface area contributed by atoms with Gasteiger partial charge in [0.15, 0.2) is 0 Å². The van der Waals surface area contributed by atoms with Gasteiger partial charge in [0.1, 0.15) is 17.5 Å². The van der Waals surface area contributed by atoms with E-state index in [0.717, 1.165) is 59.3 Å². The standard InChI is InChI=1S/C36H32Cl2N6O2/c1-22(23-11-13-25(37)14-12-23)44-21-41-32(24-7-3-2-4-8-24)34(44)31-28-16-15-26(38)19-30(28)42-33(31)35(45)43-29-10-6-18-40-36(29)46-27-9-5-17-39-20-27/h2-4,6-8,10-16,18-19,21-22,27,39,42H,5,9,17,20H2,1H3,(H,43,45). The predicted molar refractivity (Wildman–Crippen MR) is 184 cm³/mol. The highest BCUT2D eigenvalue weighted by Crippen LogP contribution is 2.41. The molecule has 0 bridgehead atoms. The van der Waals surface area contributed by atoms with Crippen LogP contribution in [0.1, 0.15) is 41.9 Å². The number of anilines is 1. The molecule has 0 spiro atoms. The number of aromatic amines is 1. The summed E-state index contributed by atoms with van der Waals surface area (Å²) in [7, 11) is 0. The number of aromatic nitrogens is 4. The van der Waals surface area contributed by atoms with Crippen molar-refractivity contribution in [2.24, 2.45) is 0 Å². The number of H-pyrrole nitrogens is 1. The average molecular weight is 652 g/mol. The minimum atomic E-state index is -0.340. The fourth-order valence-corrected chi connectivity index (χ4v) is 6.34. The van der Waals surface area contributed by atoms with Gasteiger partial charge in [-0.25, -0.2) is 9.97 Å². The number of imidazole rings is 1. The molecule has 232 valence electrons. The molecular weight excluding hydrogens is 619 g/mol. The number of fused-ring (bicyclic) bond motifs is 1. The number of carbonyl (C=O) groups excluding carboxylic acids is 1. The van der Waals surface area contributed by atoms with Crippen molar-refractivity contribution in [1.82, 2.24) is 24.8 Å². The van der Waals surface area contributed by atoms with E-state index in [4.69, 9.17) is 32.9 Å². The average Bonchev–Trinajstić information content (AvgIpc) is 3.68. The number of hydrogen-bond donors (Lipinski definition) is 3. The molecule has 2 unspecified atom stereocenters. The van der Waals surface area contributed by atoms with Crippen molar-refractivity contribution >= 4 is 45.7 Å².